The van der Waals surface area contributed by atoms with Crippen LogP contribution < -0.4 is 4.74 Å². The van der Waals surface area contributed by atoms with Gasteiger partial charge in [-0.2, -0.15) is 0 Å². The predicted molar refractivity (Wildman–Crippen MR) is 55.4 cm³/mol. The van der Waals surface area contributed by atoms with Crippen molar-refractivity contribution in [2.45, 2.75) is 12.5 Å². The van der Waals surface area contributed by atoms with Gasteiger partial charge in [-0.05, 0) is 24.1 Å². The first-order chi connectivity index (χ1) is 6.90. The van der Waals surface area contributed by atoms with Crippen LogP contribution in [0.25, 0.3) is 0 Å². The van der Waals surface area contributed by atoms with Crippen molar-refractivity contribution in [1.29, 1.82) is 0 Å². The summed E-state index contributed by atoms with van der Waals surface area (Å²) >= 11 is 0. The summed E-state index contributed by atoms with van der Waals surface area (Å²) in [5.41, 5.74) is 1.22. The van der Waals surface area contributed by atoms with Crippen molar-refractivity contribution >= 4 is 0 Å². The van der Waals surface area contributed by atoms with Crippen LogP contribution in [0.4, 0.5) is 0 Å². The molecule has 1 aliphatic heterocycles. The normalized spacial score (nSPS) is 20.8. The minimum absolute atomic E-state index is 0.214. The highest BCUT2D eigenvalue weighted by Crippen LogP contribution is 2.25. The molecule has 0 bridgehead atoms. The maximum absolute atomic E-state index is 5.61. The van der Waals surface area contributed by atoms with Crippen LogP contribution in [0, 0.1) is 0 Å². The Kier molecular flexibility index (Phi) is 2.84. The van der Waals surface area contributed by atoms with Crippen LogP contribution >= 0.6 is 0 Å². The molecule has 1 aromatic carbocycles. The van der Waals surface area contributed by atoms with E-state index in [2.05, 4.69) is 24.3 Å². The van der Waals surface area contributed by atoms with Crippen molar-refractivity contribution in [2.24, 2.45) is 0 Å². The average Bonchev–Trinajstić information content (AvgIpc) is 2.30. The summed E-state index contributed by atoms with van der Waals surface area (Å²) in [6.45, 7) is 0.719. The fourth-order valence-corrected chi connectivity index (χ4v) is 1.58. The van der Waals surface area contributed by atoms with Crippen molar-refractivity contribution in [2.75, 3.05) is 13.7 Å². The van der Waals surface area contributed by atoms with E-state index in [1.54, 1.807) is 7.11 Å². The van der Waals surface area contributed by atoms with E-state index in [0.717, 1.165) is 18.8 Å². The summed E-state index contributed by atoms with van der Waals surface area (Å²) in [5, 5.41) is 0. The van der Waals surface area contributed by atoms with Gasteiger partial charge in [0.25, 0.3) is 0 Å². The summed E-state index contributed by atoms with van der Waals surface area (Å²) in [7, 11) is 1.68. The molecule has 0 aliphatic carbocycles. The van der Waals surface area contributed by atoms with Crippen molar-refractivity contribution in [3.8, 4) is 5.75 Å². The topological polar surface area (TPSA) is 18.5 Å². The molecule has 1 aliphatic rings. The number of hydrogen-bond acceptors (Lipinski definition) is 2. The van der Waals surface area contributed by atoms with E-state index >= 15 is 0 Å². The molecule has 1 aromatic rings. The van der Waals surface area contributed by atoms with Crippen LogP contribution in [0.2, 0.25) is 0 Å². The smallest absolute Gasteiger partial charge is 0.118 e. The highest BCUT2D eigenvalue weighted by molar-refractivity contribution is 5.29. The third kappa shape index (κ3) is 1.96. The van der Waals surface area contributed by atoms with Gasteiger partial charge in [0.15, 0.2) is 0 Å². The third-order valence-corrected chi connectivity index (χ3v) is 2.40. The van der Waals surface area contributed by atoms with Gasteiger partial charge < -0.3 is 9.47 Å². The zero-order chi connectivity index (χ0) is 9.80. The molecule has 0 saturated carbocycles. The molecule has 0 saturated heterocycles. The lowest BCUT2D eigenvalue weighted by Crippen LogP contribution is -2.07. The van der Waals surface area contributed by atoms with Gasteiger partial charge in [0.2, 0.25) is 0 Å². The molecule has 0 fully saturated rings. The Balaban J connectivity index is 2.12. The van der Waals surface area contributed by atoms with Crippen LogP contribution in [-0.4, -0.2) is 13.7 Å². The second kappa shape index (κ2) is 4.29. The van der Waals surface area contributed by atoms with Crippen LogP contribution in [0.15, 0.2) is 36.4 Å². The second-order valence-electron chi connectivity index (χ2n) is 3.30. The minimum atomic E-state index is 0.214. The van der Waals surface area contributed by atoms with Gasteiger partial charge in [0.05, 0.1) is 19.8 Å². The van der Waals surface area contributed by atoms with E-state index in [1.165, 1.54) is 5.56 Å². The maximum atomic E-state index is 5.61. The molecule has 0 aromatic heterocycles. The first-order valence-corrected chi connectivity index (χ1v) is 4.80. The molecule has 0 amide bonds. The van der Waals surface area contributed by atoms with E-state index in [1.807, 2.05) is 12.1 Å². The van der Waals surface area contributed by atoms with Gasteiger partial charge in [-0.3, -0.25) is 0 Å². The molecule has 2 heteroatoms. The number of hydrogen-bond donors (Lipinski definition) is 0. The van der Waals surface area contributed by atoms with E-state index in [9.17, 15) is 0 Å². The summed E-state index contributed by atoms with van der Waals surface area (Å²) in [6, 6.07) is 8.05. The Hall–Kier alpha value is -1.28. The van der Waals surface area contributed by atoms with Crippen LogP contribution in [0.3, 0.4) is 0 Å². The molecule has 0 unspecified atom stereocenters. The zero-order valence-corrected chi connectivity index (χ0v) is 8.27. The van der Waals surface area contributed by atoms with Crippen molar-refractivity contribution in [3.63, 3.8) is 0 Å². The van der Waals surface area contributed by atoms with Crippen LogP contribution in [0.1, 0.15) is 18.1 Å². The largest absolute Gasteiger partial charge is 0.497 e. The fourth-order valence-electron chi connectivity index (χ4n) is 1.58. The first-order valence-electron chi connectivity index (χ1n) is 4.80. The number of benzene rings is 1. The molecule has 0 radical (unpaired) electrons. The lowest BCUT2D eigenvalue weighted by atomic mass is 10.0. The molecule has 14 heavy (non-hydrogen) atoms. The molecule has 1 atom stereocenters. The Labute approximate surface area is 84.2 Å². The molecule has 0 spiro atoms. The van der Waals surface area contributed by atoms with E-state index < -0.39 is 0 Å². The molecule has 2 nitrogen and oxygen atoms in total. The Morgan fingerprint density at radius 2 is 2.00 bits per heavy atom. The van der Waals surface area contributed by atoms with Gasteiger partial charge in [-0.15, -0.1) is 0 Å². The maximum Gasteiger partial charge on any atom is 0.118 e. The molecular formula is C12H14O2. The number of rotatable bonds is 2. The quantitative estimate of drug-likeness (QED) is 0.667. The highest BCUT2D eigenvalue weighted by atomic mass is 16.5. The molecule has 0 N–H and O–H groups in total. The van der Waals surface area contributed by atoms with Gasteiger partial charge in [0.1, 0.15) is 5.75 Å². The molecular weight excluding hydrogens is 176 g/mol. The van der Waals surface area contributed by atoms with Gasteiger partial charge in [-0.25, -0.2) is 0 Å². The monoisotopic (exact) mass is 190 g/mol. The Morgan fingerprint density at radius 1 is 1.21 bits per heavy atom. The van der Waals surface area contributed by atoms with Crippen LogP contribution in [0.5, 0.6) is 5.75 Å². The fraction of sp³-hybridized carbons (Fsp3) is 0.333. The summed E-state index contributed by atoms with van der Waals surface area (Å²) < 4.78 is 10.7. The highest BCUT2D eigenvalue weighted by Gasteiger charge is 2.12. The SMILES string of the molecule is COc1ccc([C@@H]2CC=CCO2)cc1. The van der Waals surface area contributed by atoms with E-state index in [4.69, 9.17) is 9.47 Å². The average molecular weight is 190 g/mol. The molecule has 2 rings (SSSR count). The Bertz CT molecular complexity index is 314. The summed E-state index contributed by atoms with van der Waals surface area (Å²) in [5.74, 6) is 0.889. The standard InChI is InChI=1S/C12H14O2/c1-13-11-7-5-10(6-8-11)12-4-2-3-9-14-12/h2-3,5-8,12H,4,9H2,1H3/t12-/m0/s1. The van der Waals surface area contributed by atoms with Crippen LogP contribution in [-0.2, 0) is 4.74 Å². The van der Waals surface area contributed by atoms with Crippen molar-refractivity contribution < 1.29 is 9.47 Å². The second-order valence-corrected chi connectivity index (χ2v) is 3.30. The number of ether oxygens (including phenoxy) is 2. The lowest BCUT2D eigenvalue weighted by molar-refractivity contribution is 0.0677. The first kappa shape index (κ1) is 9.28. The van der Waals surface area contributed by atoms with Crippen molar-refractivity contribution in [3.05, 3.63) is 42.0 Å². The van der Waals surface area contributed by atoms with Gasteiger partial charge in [0, 0.05) is 0 Å². The minimum Gasteiger partial charge on any atom is -0.497 e. The van der Waals surface area contributed by atoms with E-state index in [-0.39, 0.29) is 6.10 Å². The summed E-state index contributed by atoms with van der Waals surface area (Å²) in [4.78, 5) is 0. The molecule has 74 valence electrons. The Morgan fingerprint density at radius 3 is 2.57 bits per heavy atom. The predicted octanol–water partition coefficient (Wildman–Crippen LogP) is 2.71. The number of methoxy groups -OCH3 is 1. The zero-order valence-electron chi connectivity index (χ0n) is 8.27. The third-order valence-electron chi connectivity index (χ3n) is 2.40. The lowest BCUT2D eigenvalue weighted by Gasteiger charge is -2.19. The summed E-state index contributed by atoms with van der Waals surface area (Å²) in [6.07, 6.45) is 5.40. The molecule has 1 heterocycles. The van der Waals surface area contributed by atoms with Gasteiger partial charge >= 0.3 is 0 Å². The van der Waals surface area contributed by atoms with E-state index in [0.29, 0.717) is 0 Å². The van der Waals surface area contributed by atoms with Crippen molar-refractivity contribution in [1.82, 2.24) is 0 Å². The van der Waals surface area contributed by atoms with Gasteiger partial charge in [-0.1, -0.05) is 24.3 Å².